The van der Waals surface area contributed by atoms with Crippen LogP contribution in [0, 0.1) is 0 Å². The number of carboxylic acid groups (broad SMARTS) is 1. The summed E-state index contributed by atoms with van der Waals surface area (Å²) in [6.45, 7) is 4.71. The summed E-state index contributed by atoms with van der Waals surface area (Å²) < 4.78 is 17.3. The lowest BCUT2D eigenvalue weighted by Crippen LogP contribution is -2.50. The molecule has 0 fully saturated rings. The van der Waals surface area contributed by atoms with E-state index in [4.69, 9.17) is 14.2 Å². The zero-order valence-electron chi connectivity index (χ0n) is 40.4. The summed E-state index contributed by atoms with van der Waals surface area (Å²) in [6.07, 6.45) is 52.9. The highest BCUT2D eigenvalue weighted by Crippen LogP contribution is 2.15. The Morgan fingerprint density at radius 3 is 1.31 bits per heavy atom. The van der Waals surface area contributed by atoms with Crippen molar-refractivity contribution in [1.82, 2.24) is 0 Å². The molecule has 0 aliphatic heterocycles. The first-order valence-electron chi connectivity index (χ1n) is 25.2. The minimum absolute atomic E-state index is 0.0546. The van der Waals surface area contributed by atoms with Crippen molar-refractivity contribution in [2.45, 2.75) is 231 Å². The largest absolute Gasteiger partial charge is 0.477 e. The summed E-state index contributed by atoms with van der Waals surface area (Å²) >= 11 is 0. The number of allylic oxidation sites excluding steroid dienone is 8. The predicted octanol–water partition coefficient (Wildman–Crippen LogP) is 14.4. The molecule has 0 amide bonds. The maximum absolute atomic E-state index is 12.8. The van der Waals surface area contributed by atoms with Gasteiger partial charge in [-0.1, -0.05) is 191 Å². The fourth-order valence-corrected chi connectivity index (χ4v) is 7.31. The quantitative estimate of drug-likeness (QED) is 0.0282. The van der Waals surface area contributed by atoms with Gasteiger partial charge in [-0.2, -0.15) is 0 Å². The summed E-state index contributed by atoms with van der Waals surface area (Å²) in [4.78, 5) is 37.1. The number of carboxylic acids is 1. The van der Waals surface area contributed by atoms with E-state index in [0.717, 1.165) is 77.0 Å². The maximum atomic E-state index is 12.8. The molecule has 0 rings (SSSR count). The van der Waals surface area contributed by atoms with E-state index in [-0.39, 0.29) is 36.2 Å². The topological polar surface area (TPSA) is 99.1 Å². The van der Waals surface area contributed by atoms with E-state index in [1.807, 2.05) is 21.1 Å². The Morgan fingerprint density at radius 1 is 0.492 bits per heavy atom. The first-order valence-corrected chi connectivity index (χ1v) is 25.2. The van der Waals surface area contributed by atoms with Gasteiger partial charge < -0.3 is 23.8 Å². The van der Waals surface area contributed by atoms with Crippen molar-refractivity contribution in [3.63, 3.8) is 0 Å². The third-order valence-electron chi connectivity index (χ3n) is 11.2. The minimum Gasteiger partial charge on any atom is -0.477 e. The van der Waals surface area contributed by atoms with Crippen LogP contribution in [0.5, 0.6) is 0 Å². The Kier molecular flexibility index (Phi) is 42.0. The first-order chi connectivity index (χ1) is 29.6. The third kappa shape index (κ3) is 42.4. The molecule has 354 valence electrons. The lowest BCUT2D eigenvalue weighted by atomic mass is 10.0. The second kappa shape index (κ2) is 43.9. The number of unbranched alkanes of at least 4 members (excludes halogenated alkanes) is 23. The number of esters is 2. The van der Waals surface area contributed by atoms with E-state index >= 15 is 0 Å². The molecule has 2 atom stereocenters. The Bertz CT molecular complexity index is 1140. The number of likely N-dealkylation sites (N-methyl/N-ethyl adjacent to an activating group) is 1. The Hall–Kier alpha value is -2.71. The number of aliphatic carboxylic acids is 1. The van der Waals surface area contributed by atoms with Gasteiger partial charge in [0.05, 0.1) is 34.4 Å². The van der Waals surface area contributed by atoms with Crippen molar-refractivity contribution >= 4 is 17.9 Å². The number of hydrogen-bond acceptors (Lipinski definition) is 6. The molecule has 8 heteroatoms. The first kappa shape index (κ1) is 58.3. The molecule has 0 aromatic rings. The molecule has 0 saturated carbocycles. The molecule has 1 N–H and O–H groups in total. The van der Waals surface area contributed by atoms with E-state index < -0.39 is 18.1 Å². The molecular weight excluding hydrogens is 763 g/mol. The molecule has 0 bridgehead atoms. The van der Waals surface area contributed by atoms with Crippen LogP contribution in [0.2, 0.25) is 0 Å². The lowest BCUT2D eigenvalue weighted by Gasteiger charge is -2.31. The van der Waals surface area contributed by atoms with Crippen LogP contribution in [0.4, 0.5) is 0 Å². The zero-order chi connectivity index (χ0) is 44.9. The molecule has 8 nitrogen and oxygen atoms in total. The molecule has 0 spiro atoms. The normalized spacial score (nSPS) is 13.3. The Labute approximate surface area is 376 Å². The lowest BCUT2D eigenvalue weighted by molar-refractivity contribution is -0.887. The molecule has 0 radical (unpaired) electrons. The number of ether oxygens (including phenoxy) is 3. The van der Waals surface area contributed by atoms with Gasteiger partial charge in [0, 0.05) is 19.3 Å². The number of carbonyl (C=O) groups is 3. The number of hydrogen-bond donors (Lipinski definition) is 1. The van der Waals surface area contributed by atoms with Crippen molar-refractivity contribution in [1.29, 1.82) is 0 Å². The van der Waals surface area contributed by atoms with Gasteiger partial charge in [-0.25, -0.2) is 4.79 Å². The molecule has 2 unspecified atom stereocenters. The minimum atomic E-state index is -0.877. The van der Waals surface area contributed by atoms with Gasteiger partial charge in [-0.05, 0) is 57.8 Å². The Balaban J connectivity index is 4.30. The average molecular weight is 859 g/mol. The van der Waals surface area contributed by atoms with E-state index in [1.165, 1.54) is 109 Å². The van der Waals surface area contributed by atoms with Gasteiger partial charge in [-0.15, -0.1) is 0 Å². The number of rotatable bonds is 45. The highest BCUT2D eigenvalue weighted by molar-refractivity contribution is 5.72. The molecule has 0 aliphatic carbocycles. The monoisotopic (exact) mass is 859 g/mol. The van der Waals surface area contributed by atoms with Gasteiger partial charge >= 0.3 is 17.9 Å². The number of carbonyl (C=O) groups excluding carboxylic acids is 2. The predicted molar refractivity (Wildman–Crippen MR) is 257 cm³/mol. The van der Waals surface area contributed by atoms with Crippen LogP contribution >= 0.6 is 0 Å². The van der Waals surface area contributed by atoms with Gasteiger partial charge in [0.15, 0.2) is 12.1 Å². The van der Waals surface area contributed by atoms with Crippen molar-refractivity contribution in [2.75, 3.05) is 41.0 Å². The second-order valence-electron chi connectivity index (χ2n) is 18.1. The molecule has 0 aromatic heterocycles. The molecule has 0 heterocycles. The van der Waals surface area contributed by atoms with Crippen molar-refractivity contribution < 1.29 is 38.2 Å². The van der Waals surface area contributed by atoms with Gasteiger partial charge in [0.1, 0.15) is 6.61 Å². The highest BCUT2D eigenvalue weighted by atomic mass is 16.6. The van der Waals surface area contributed by atoms with Gasteiger partial charge in [-0.3, -0.25) is 9.59 Å². The van der Waals surface area contributed by atoms with Gasteiger partial charge in [0.2, 0.25) is 0 Å². The van der Waals surface area contributed by atoms with Crippen LogP contribution < -0.4 is 0 Å². The van der Waals surface area contributed by atoms with Crippen LogP contribution in [0.15, 0.2) is 48.6 Å². The number of quaternary nitrogens is 1. The van der Waals surface area contributed by atoms with Crippen LogP contribution in [0.25, 0.3) is 0 Å². The van der Waals surface area contributed by atoms with Crippen LogP contribution in [0.3, 0.4) is 0 Å². The average Bonchev–Trinajstić information content (AvgIpc) is 3.22. The second-order valence-corrected chi connectivity index (χ2v) is 18.1. The van der Waals surface area contributed by atoms with Crippen molar-refractivity contribution in [3.05, 3.63) is 48.6 Å². The molecule has 0 aliphatic rings. The standard InChI is InChI=1S/C53H95NO7/c1-6-8-10-12-14-16-18-20-22-24-25-26-27-28-30-32-34-36-38-40-42-44-52(56)61-49(47-59-46-45-50(53(57)58)54(3,4)5)48-60-51(55)43-41-39-37-35-33-31-29-23-21-19-17-15-13-11-9-7-2/h14,16,20,22,25-26,28,30,49-50H,6-13,15,17-19,21,23-24,27,29,31-48H2,1-5H3/p+1/b16-14+,22-20+,26-25+,30-28+. The van der Waals surface area contributed by atoms with Crippen LogP contribution in [-0.2, 0) is 28.6 Å². The van der Waals surface area contributed by atoms with E-state index in [2.05, 4.69) is 62.5 Å². The number of nitrogens with zero attached hydrogens (tertiary/aromatic N) is 1. The van der Waals surface area contributed by atoms with Crippen molar-refractivity contribution in [3.8, 4) is 0 Å². The smallest absolute Gasteiger partial charge is 0.362 e. The zero-order valence-corrected chi connectivity index (χ0v) is 40.4. The van der Waals surface area contributed by atoms with Crippen LogP contribution in [0.1, 0.15) is 219 Å². The van der Waals surface area contributed by atoms with E-state index in [9.17, 15) is 19.5 Å². The van der Waals surface area contributed by atoms with Gasteiger partial charge in [0.25, 0.3) is 0 Å². The summed E-state index contributed by atoms with van der Waals surface area (Å²) in [5.74, 6) is -1.48. The van der Waals surface area contributed by atoms with E-state index in [1.54, 1.807) is 0 Å². The third-order valence-corrected chi connectivity index (χ3v) is 11.2. The Morgan fingerprint density at radius 2 is 0.869 bits per heavy atom. The molecule has 0 saturated heterocycles. The van der Waals surface area contributed by atoms with E-state index in [0.29, 0.717) is 19.3 Å². The summed E-state index contributed by atoms with van der Waals surface area (Å²) in [5.41, 5.74) is 0. The summed E-state index contributed by atoms with van der Waals surface area (Å²) in [7, 11) is 5.53. The SMILES string of the molecule is CCCCC/C=C/C/C=C/C/C=C/C/C=C/CCCCCCCC(=O)OC(COCCC(C(=O)O)[N+](C)(C)C)COC(=O)CCCCCCCCCCCCCCCCCC. The summed E-state index contributed by atoms with van der Waals surface area (Å²) in [5, 5.41) is 9.65. The molecule has 61 heavy (non-hydrogen) atoms. The van der Waals surface area contributed by atoms with Crippen molar-refractivity contribution in [2.24, 2.45) is 0 Å². The maximum Gasteiger partial charge on any atom is 0.362 e. The highest BCUT2D eigenvalue weighted by Gasteiger charge is 2.31. The molecular formula is C53H96NO7+. The summed E-state index contributed by atoms with van der Waals surface area (Å²) in [6, 6.07) is -0.619. The van der Waals surface area contributed by atoms with Crippen LogP contribution in [-0.4, -0.2) is 80.6 Å². The fourth-order valence-electron chi connectivity index (χ4n) is 7.31. The fraction of sp³-hybridized carbons (Fsp3) is 0.792. The molecule has 0 aromatic carbocycles.